The Bertz CT molecular complexity index is 1700. The van der Waals surface area contributed by atoms with E-state index in [0.717, 1.165) is 53.9 Å². The number of amides is 1. The number of anilines is 1. The van der Waals surface area contributed by atoms with Crippen LogP contribution in [0.25, 0.3) is 0 Å². The highest BCUT2D eigenvalue weighted by Crippen LogP contribution is 2.35. The molecule has 0 aromatic heterocycles. The molecule has 1 aliphatic heterocycles. The van der Waals surface area contributed by atoms with Crippen molar-refractivity contribution in [3.05, 3.63) is 167 Å². The van der Waals surface area contributed by atoms with Crippen LogP contribution in [0.4, 0.5) is 5.69 Å². The van der Waals surface area contributed by atoms with Crippen molar-refractivity contribution in [3.63, 3.8) is 0 Å². The molecule has 0 aliphatic carbocycles. The molecule has 1 aliphatic rings. The summed E-state index contributed by atoms with van der Waals surface area (Å²) in [6, 6.07) is 46.0. The molecule has 1 atom stereocenters. The summed E-state index contributed by atoms with van der Waals surface area (Å²) in [5.41, 5.74) is 5.96. The smallest absolute Gasteiger partial charge is 0.228 e. The second-order valence-electron chi connectivity index (χ2n) is 12.0. The van der Waals surface area contributed by atoms with Gasteiger partial charge in [0.1, 0.15) is 12.4 Å². The largest absolute Gasteiger partial charge is 0.488 e. The Balaban J connectivity index is 1.05. The fourth-order valence-electron chi connectivity index (χ4n) is 6.35. The average molecular weight is 609 g/mol. The maximum atomic E-state index is 13.6. The molecule has 0 radical (unpaired) electrons. The van der Waals surface area contributed by atoms with Crippen molar-refractivity contribution in [3.8, 4) is 5.75 Å². The van der Waals surface area contributed by atoms with E-state index in [4.69, 9.17) is 4.74 Å². The monoisotopic (exact) mass is 608 g/mol. The quantitative estimate of drug-likeness (QED) is 0.146. The fourth-order valence-corrected chi connectivity index (χ4v) is 6.35. The Labute approximate surface area is 271 Å². The van der Waals surface area contributed by atoms with Gasteiger partial charge in [-0.25, -0.2) is 0 Å². The van der Waals surface area contributed by atoms with Gasteiger partial charge in [0.05, 0.1) is 11.5 Å². The van der Waals surface area contributed by atoms with Crippen LogP contribution in [0.1, 0.15) is 51.4 Å². The average Bonchev–Trinajstić information content (AvgIpc) is 3.12. The van der Waals surface area contributed by atoms with Gasteiger partial charge in [-0.15, -0.1) is 0 Å². The van der Waals surface area contributed by atoms with Crippen molar-refractivity contribution < 1.29 is 14.3 Å². The molecule has 5 heteroatoms. The topological polar surface area (TPSA) is 58.6 Å². The molecule has 0 saturated carbocycles. The Hall–Kier alpha value is -5.16. The summed E-state index contributed by atoms with van der Waals surface area (Å²) in [4.78, 5) is 29.3. The standard InChI is InChI=1S/C41H40N2O3/c44-38(37-18-10-11-19-39(37)46-30-33-14-6-2-7-15-33)28-31-20-22-36(23-21-31)43-26-24-35(25-27-43)40(34-16-8-3-9-17-34)41(45)42-29-32-12-4-1-5-13-32/h1-23,35,40H,24-30H2,(H,42,45). The summed E-state index contributed by atoms with van der Waals surface area (Å²) < 4.78 is 6.03. The summed E-state index contributed by atoms with van der Waals surface area (Å²) >= 11 is 0. The lowest BCUT2D eigenvalue weighted by Crippen LogP contribution is -2.40. The molecule has 1 unspecified atom stereocenters. The third-order valence-corrected chi connectivity index (χ3v) is 8.85. The maximum absolute atomic E-state index is 13.6. The zero-order valence-corrected chi connectivity index (χ0v) is 26.1. The van der Waals surface area contributed by atoms with Gasteiger partial charge >= 0.3 is 0 Å². The number of carbonyl (C=O) groups excluding carboxylic acids is 2. The van der Waals surface area contributed by atoms with Gasteiger partial charge in [0.2, 0.25) is 5.91 Å². The van der Waals surface area contributed by atoms with Gasteiger partial charge in [0.25, 0.3) is 0 Å². The molecule has 1 saturated heterocycles. The van der Waals surface area contributed by atoms with E-state index in [0.29, 0.717) is 30.9 Å². The molecule has 1 heterocycles. The van der Waals surface area contributed by atoms with Crippen molar-refractivity contribution in [2.45, 2.75) is 38.3 Å². The third-order valence-electron chi connectivity index (χ3n) is 8.85. The SMILES string of the molecule is O=C(Cc1ccc(N2CCC(C(C(=O)NCc3ccccc3)c3ccccc3)CC2)cc1)c1ccccc1OCc1ccccc1. The highest BCUT2D eigenvalue weighted by molar-refractivity contribution is 6.00. The molecule has 1 fully saturated rings. The normalized spacial score (nSPS) is 14.0. The molecule has 232 valence electrons. The van der Waals surface area contributed by atoms with E-state index in [1.165, 1.54) is 0 Å². The number of benzene rings is 5. The van der Waals surface area contributed by atoms with E-state index in [-0.39, 0.29) is 23.5 Å². The number of para-hydroxylation sites is 1. The molecule has 1 N–H and O–H groups in total. The van der Waals surface area contributed by atoms with Crippen LogP contribution in [0, 0.1) is 5.92 Å². The Morgan fingerprint density at radius 2 is 1.26 bits per heavy atom. The molecule has 5 aromatic rings. The molecular weight excluding hydrogens is 568 g/mol. The minimum absolute atomic E-state index is 0.0368. The number of carbonyl (C=O) groups is 2. The lowest BCUT2D eigenvalue weighted by Gasteiger charge is -2.37. The van der Waals surface area contributed by atoms with Gasteiger partial charge in [-0.05, 0) is 65.3 Å². The number of nitrogens with one attached hydrogen (secondary N) is 1. The number of Topliss-reactive ketones (excluding diaryl/α,β-unsaturated/α-hetero) is 1. The first kappa shape index (κ1) is 30.8. The van der Waals surface area contributed by atoms with Gasteiger partial charge in [0, 0.05) is 31.7 Å². The second-order valence-corrected chi connectivity index (χ2v) is 12.0. The number of hydrogen-bond acceptors (Lipinski definition) is 4. The van der Waals surface area contributed by atoms with Crippen LogP contribution in [-0.4, -0.2) is 24.8 Å². The number of ketones is 1. The second kappa shape index (κ2) is 15.2. The van der Waals surface area contributed by atoms with Crippen LogP contribution >= 0.6 is 0 Å². The Morgan fingerprint density at radius 3 is 1.93 bits per heavy atom. The van der Waals surface area contributed by atoms with Gasteiger partial charge in [-0.3, -0.25) is 9.59 Å². The van der Waals surface area contributed by atoms with E-state index in [9.17, 15) is 9.59 Å². The molecule has 6 rings (SSSR count). The van der Waals surface area contributed by atoms with E-state index < -0.39 is 0 Å². The van der Waals surface area contributed by atoms with Crippen LogP contribution < -0.4 is 15.0 Å². The first-order valence-corrected chi connectivity index (χ1v) is 16.1. The molecule has 5 nitrogen and oxygen atoms in total. The van der Waals surface area contributed by atoms with E-state index in [1.54, 1.807) is 0 Å². The summed E-state index contributed by atoms with van der Waals surface area (Å²) in [6.07, 6.45) is 2.17. The maximum Gasteiger partial charge on any atom is 0.228 e. The van der Waals surface area contributed by atoms with Gasteiger partial charge in [0.15, 0.2) is 5.78 Å². The number of ether oxygens (including phenoxy) is 1. The van der Waals surface area contributed by atoms with Crippen LogP contribution in [0.2, 0.25) is 0 Å². The van der Waals surface area contributed by atoms with Crippen LogP contribution in [0.5, 0.6) is 5.75 Å². The van der Waals surface area contributed by atoms with Gasteiger partial charge in [-0.2, -0.15) is 0 Å². The molecule has 5 aromatic carbocycles. The van der Waals surface area contributed by atoms with Gasteiger partial charge in [-0.1, -0.05) is 115 Å². The van der Waals surface area contributed by atoms with Crippen molar-refractivity contribution in [1.29, 1.82) is 0 Å². The zero-order valence-electron chi connectivity index (χ0n) is 26.1. The van der Waals surface area contributed by atoms with Crippen LogP contribution in [0.3, 0.4) is 0 Å². The minimum Gasteiger partial charge on any atom is -0.488 e. The Morgan fingerprint density at radius 1 is 0.674 bits per heavy atom. The highest BCUT2D eigenvalue weighted by Gasteiger charge is 2.32. The van der Waals surface area contributed by atoms with Crippen molar-refractivity contribution >= 4 is 17.4 Å². The van der Waals surface area contributed by atoms with Crippen molar-refractivity contribution in [2.24, 2.45) is 5.92 Å². The number of piperidine rings is 1. The minimum atomic E-state index is -0.181. The first-order chi connectivity index (χ1) is 22.6. The summed E-state index contributed by atoms with van der Waals surface area (Å²) in [5.74, 6) is 0.818. The summed E-state index contributed by atoms with van der Waals surface area (Å²) in [7, 11) is 0. The number of hydrogen-bond donors (Lipinski definition) is 1. The van der Waals surface area contributed by atoms with Crippen LogP contribution in [-0.2, 0) is 24.4 Å². The Kier molecular flexibility index (Phi) is 10.2. The van der Waals surface area contributed by atoms with E-state index >= 15 is 0 Å². The molecule has 0 spiro atoms. The summed E-state index contributed by atoms with van der Waals surface area (Å²) in [5, 5.41) is 3.20. The predicted molar refractivity (Wildman–Crippen MR) is 184 cm³/mol. The number of nitrogens with zero attached hydrogens (tertiary/aromatic N) is 1. The van der Waals surface area contributed by atoms with Gasteiger partial charge < -0.3 is 15.0 Å². The van der Waals surface area contributed by atoms with Crippen LogP contribution in [0.15, 0.2) is 140 Å². The lowest BCUT2D eigenvalue weighted by atomic mass is 9.79. The zero-order chi connectivity index (χ0) is 31.6. The van der Waals surface area contributed by atoms with E-state index in [2.05, 4.69) is 46.6 Å². The molecule has 0 bridgehead atoms. The molecule has 46 heavy (non-hydrogen) atoms. The molecule has 1 amide bonds. The third kappa shape index (κ3) is 7.91. The number of rotatable bonds is 12. The predicted octanol–water partition coefficient (Wildman–Crippen LogP) is 8.01. The first-order valence-electron chi connectivity index (χ1n) is 16.1. The van der Waals surface area contributed by atoms with Crippen molar-refractivity contribution in [2.75, 3.05) is 18.0 Å². The summed E-state index contributed by atoms with van der Waals surface area (Å²) in [6.45, 7) is 2.71. The van der Waals surface area contributed by atoms with E-state index in [1.807, 2.05) is 103 Å². The fraction of sp³-hybridized carbons (Fsp3) is 0.220. The lowest BCUT2D eigenvalue weighted by molar-refractivity contribution is -0.124. The van der Waals surface area contributed by atoms with Crippen molar-refractivity contribution in [1.82, 2.24) is 5.32 Å². The molecular formula is C41H40N2O3. The highest BCUT2D eigenvalue weighted by atomic mass is 16.5.